The minimum atomic E-state index is -0.0390. The maximum absolute atomic E-state index is 12.3. The molecule has 1 fully saturated rings. The molecule has 1 aromatic heterocycles. The highest BCUT2D eigenvalue weighted by Crippen LogP contribution is 2.10. The molecule has 5 heteroatoms. The number of Topliss-reactive ketones (excluding diaryl/α,β-unsaturated/α-hetero) is 1. The molecule has 1 atom stereocenters. The summed E-state index contributed by atoms with van der Waals surface area (Å²) in [4.78, 5) is 28.4. The lowest BCUT2D eigenvalue weighted by Crippen LogP contribution is -2.41. The van der Waals surface area contributed by atoms with Gasteiger partial charge in [-0.05, 0) is 37.9 Å². The first-order valence-electron chi connectivity index (χ1n) is 7.46. The van der Waals surface area contributed by atoms with Crippen LogP contribution < -0.4 is 10.9 Å². The molecule has 1 aliphatic rings. The number of carbonyl (C=O) groups excluding carboxylic acids is 1. The Labute approximate surface area is 123 Å². The molecule has 2 heterocycles. The quantitative estimate of drug-likeness (QED) is 0.924. The van der Waals surface area contributed by atoms with Crippen molar-refractivity contribution in [2.75, 3.05) is 6.54 Å². The molecule has 0 aliphatic carbocycles. The van der Waals surface area contributed by atoms with Crippen LogP contribution in [0.1, 0.15) is 25.7 Å². The van der Waals surface area contributed by atoms with Gasteiger partial charge in [0.25, 0.3) is 5.56 Å². The third kappa shape index (κ3) is 3.03. The normalized spacial score (nSPS) is 19.0. The van der Waals surface area contributed by atoms with Gasteiger partial charge in [0.1, 0.15) is 5.78 Å². The molecule has 5 nitrogen and oxygen atoms in total. The summed E-state index contributed by atoms with van der Waals surface area (Å²) in [5.41, 5.74) is 0.714. The zero-order valence-corrected chi connectivity index (χ0v) is 11.9. The third-order valence-electron chi connectivity index (χ3n) is 4.00. The van der Waals surface area contributed by atoms with Crippen molar-refractivity contribution < 1.29 is 4.79 Å². The molecule has 0 bridgehead atoms. The molecule has 1 aromatic carbocycles. The first kappa shape index (κ1) is 13.9. The van der Waals surface area contributed by atoms with Gasteiger partial charge in [0.15, 0.2) is 0 Å². The first-order chi connectivity index (χ1) is 10.3. The average Bonchev–Trinajstić information content (AvgIpc) is 2.52. The van der Waals surface area contributed by atoms with E-state index in [4.69, 9.17) is 0 Å². The van der Waals surface area contributed by atoms with Crippen LogP contribution in [-0.4, -0.2) is 27.9 Å². The largest absolute Gasteiger partial charge is 0.307 e. The fraction of sp³-hybridized carbons (Fsp3) is 0.438. The lowest BCUT2D eigenvalue weighted by atomic mass is 9.99. The van der Waals surface area contributed by atoms with E-state index < -0.39 is 0 Å². The molecule has 0 saturated carbocycles. The van der Waals surface area contributed by atoms with Crippen molar-refractivity contribution in [1.82, 2.24) is 14.9 Å². The number of hydrogen-bond acceptors (Lipinski definition) is 4. The number of nitrogens with zero attached hydrogens (tertiary/aromatic N) is 2. The molecule has 21 heavy (non-hydrogen) atoms. The number of aromatic nitrogens is 2. The van der Waals surface area contributed by atoms with Crippen molar-refractivity contribution >= 4 is 16.7 Å². The van der Waals surface area contributed by atoms with E-state index in [0.717, 1.165) is 31.3 Å². The highest BCUT2D eigenvalue weighted by Gasteiger charge is 2.20. The summed E-state index contributed by atoms with van der Waals surface area (Å²) in [7, 11) is 0. The van der Waals surface area contributed by atoms with Gasteiger partial charge in [0.2, 0.25) is 0 Å². The summed E-state index contributed by atoms with van der Waals surface area (Å²) in [5, 5.41) is 3.89. The van der Waals surface area contributed by atoms with Gasteiger partial charge >= 0.3 is 0 Å². The minimum absolute atomic E-state index is 0.0106. The number of carbonyl (C=O) groups is 1. The summed E-state index contributed by atoms with van der Waals surface area (Å²) >= 11 is 0. The maximum Gasteiger partial charge on any atom is 0.261 e. The van der Waals surface area contributed by atoms with E-state index in [1.807, 2.05) is 18.2 Å². The van der Waals surface area contributed by atoms with Gasteiger partial charge in [0.05, 0.1) is 23.3 Å². The molecule has 0 spiro atoms. The molecule has 0 unspecified atom stereocenters. The standard InChI is InChI=1S/C16H19N3O2/c20-15-8-3-9-17-14(15)7-4-10-19-11-18-13-6-2-1-5-12(13)16(19)21/h1-2,5-6,11,14,17H,3-4,7-10H2/t14-/m1/s1. The van der Waals surface area contributed by atoms with Crippen LogP contribution in [-0.2, 0) is 11.3 Å². The lowest BCUT2D eigenvalue weighted by Gasteiger charge is -2.22. The van der Waals surface area contributed by atoms with Crippen LogP contribution in [0.15, 0.2) is 35.4 Å². The van der Waals surface area contributed by atoms with Crippen molar-refractivity contribution in [3.05, 3.63) is 40.9 Å². The number of aryl methyl sites for hydroxylation is 1. The Balaban J connectivity index is 1.67. The zero-order chi connectivity index (χ0) is 14.7. The maximum atomic E-state index is 12.3. The van der Waals surface area contributed by atoms with Crippen LogP contribution in [0.4, 0.5) is 0 Å². The molecule has 1 aliphatic heterocycles. The number of hydrogen-bond donors (Lipinski definition) is 1. The van der Waals surface area contributed by atoms with Gasteiger partial charge in [-0.3, -0.25) is 14.2 Å². The Bertz CT molecular complexity index is 708. The van der Waals surface area contributed by atoms with Gasteiger partial charge in [-0.25, -0.2) is 4.98 Å². The average molecular weight is 285 g/mol. The second kappa shape index (κ2) is 6.18. The van der Waals surface area contributed by atoms with Crippen molar-refractivity contribution in [2.45, 2.75) is 38.3 Å². The molecule has 0 amide bonds. The van der Waals surface area contributed by atoms with Crippen LogP contribution in [0.5, 0.6) is 0 Å². The summed E-state index contributed by atoms with van der Waals surface area (Å²) in [5.74, 6) is 0.297. The van der Waals surface area contributed by atoms with Crippen molar-refractivity contribution in [1.29, 1.82) is 0 Å². The van der Waals surface area contributed by atoms with Gasteiger partial charge in [0, 0.05) is 13.0 Å². The van der Waals surface area contributed by atoms with Crippen LogP contribution in [0.3, 0.4) is 0 Å². The summed E-state index contributed by atoms with van der Waals surface area (Å²) in [6.07, 6.45) is 4.78. The predicted molar refractivity (Wildman–Crippen MR) is 81.3 cm³/mol. The Hall–Kier alpha value is -2.01. The summed E-state index contributed by atoms with van der Waals surface area (Å²) in [6, 6.07) is 7.32. The van der Waals surface area contributed by atoms with Gasteiger partial charge in [-0.1, -0.05) is 12.1 Å². The number of rotatable bonds is 4. The minimum Gasteiger partial charge on any atom is -0.307 e. The molecule has 1 saturated heterocycles. The van der Waals surface area contributed by atoms with E-state index in [-0.39, 0.29) is 11.6 Å². The SMILES string of the molecule is O=C1CCCN[C@@H]1CCCn1cnc2ccccc2c1=O. The fourth-order valence-electron chi connectivity index (χ4n) is 2.82. The van der Waals surface area contributed by atoms with Gasteiger partial charge in [-0.2, -0.15) is 0 Å². The van der Waals surface area contributed by atoms with Crippen molar-refractivity contribution in [2.24, 2.45) is 0 Å². The molecule has 1 N–H and O–H groups in total. The lowest BCUT2D eigenvalue weighted by molar-refractivity contribution is -0.122. The predicted octanol–water partition coefficient (Wildman–Crippen LogP) is 1.50. The molecule has 3 rings (SSSR count). The van der Waals surface area contributed by atoms with Gasteiger partial charge in [-0.15, -0.1) is 0 Å². The van der Waals surface area contributed by atoms with Gasteiger partial charge < -0.3 is 5.32 Å². The van der Waals surface area contributed by atoms with E-state index >= 15 is 0 Å². The number of fused-ring (bicyclic) bond motifs is 1. The highest BCUT2D eigenvalue weighted by molar-refractivity contribution is 5.84. The first-order valence-corrected chi connectivity index (χ1v) is 7.46. The number of ketones is 1. The van der Waals surface area contributed by atoms with Crippen LogP contribution in [0.25, 0.3) is 10.9 Å². The second-order valence-electron chi connectivity index (χ2n) is 5.48. The summed E-state index contributed by atoms with van der Waals surface area (Å²) in [6.45, 7) is 1.51. The Morgan fingerprint density at radius 1 is 1.29 bits per heavy atom. The molecule has 0 radical (unpaired) electrons. The van der Waals surface area contributed by atoms with Crippen LogP contribution in [0, 0.1) is 0 Å². The number of para-hydroxylation sites is 1. The van der Waals surface area contributed by atoms with E-state index in [2.05, 4.69) is 10.3 Å². The van der Waals surface area contributed by atoms with Crippen LogP contribution >= 0.6 is 0 Å². The fourth-order valence-corrected chi connectivity index (χ4v) is 2.82. The smallest absolute Gasteiger partial charge is 0.261 e. The van der Waals surface area contributed by atoms with E-state index in [0.29, 0.717) is 24.1 Å². The topological polar surface area (TPSA) is 64.0 Å². The molecular weight excluding hydrogens is 266 g/mol. The molecular formula is C16H19N3O2. The molecule has 2 aromatic rings. The number of benzene rings is 1. The monoisotopic (exact) mass is 285 g/mol. The number of nitrogens with one attached hydrogen (secondary N) is 1. The van der Waals surface area contributed by atoms with E-state index in [1.165, 1.54) is 0 Å². The Morgan fingerprint density at radius 3 is 3.00 bits per heavy atom. The third-order valence-corrected chi connectivity index (χ3v) is 4.00. The van der Waals surface area contributed by atoms with Crippen LogP contribution in [0.2, 0.25) is 0 Å². The Morgan fingerprint density at radius 2 is 2.14 bits per heavy atom. The zero-order valence-electron chi connectivity index (χ0n) is 11.9. The van der Waals surface area contributed by atoms with E-state index in [1.54, 1.807) is 17.0 Å². The van der Waals surface area contributed by atoms with Crippen molar-refractivity contribution in [3.8, 4) is 0 Å². The van der Waals surface area contributed by atoms with Crippen molar-refractivity contribution in [3.63, 3.8) is 0 Å². The highest BCUT2D eigenvalue weighted by atomic mass is 16.1. The summed E-state index contributed by atoms with van der Waals surface area (Å²) < 4.78 is 1.63. The van der Waals surface area contributed by atoms with E-state index in [9.17, 15) is 9.59 Å². The number of piperidine rings is 1. The molecule has 110 valence electrons. The second-order valence-corrected chi connectivity index (χ2v) is 5.48. The Kier molecular flexibility index (Phi) is 4.10.